The van der Waals surface area contributed by atoms with Gasteiger partial charge in [-0.05, 0) is 45.4 Å². The highest BCUT2D eigenvalue weighted by atomic mass is 32.1. The van der Waals surface area contributed by atoms with Crippen molar-refractivity contribution in [2.45, 2.75) is 46.2 Å². The van der Waals surface area contributed by atoms with Crippen LogP contribution in [0, 0.1) is 13.8 Å². The molecule has 2 aliphatic heterocycles. The second-order valence-corrected chi connectivity index (χ2v) is 9.94. The van der Waals surface area contributed by atoms with Gasteiger partial charge in [0, 0.05) is 23.2 Å². The molecule has 0 unspecified atom stereocenters. The molecule has 5 rings (SSSR count). The van der Waals surface area contributed by atoms with Crippen molar-refractivity contribution in [3.8, 4) is 16.9 Å². The smallest absolute Gasteiger partial charge is 0.263 e. The molecule has 0 spiro atoms. The highest BCUT2D eigenvalue weighted by molar-refractivity contribution is 7.17. The number of nitrogens with zero attached hydrogens (tertiary/aromatic N) is 4. The lowest BCUT2D eigenvalue weighted by molar-refractivity contribution is 0.0901. The van der Waals surface area contributed by atoms with Crippen LogP contribution in [0.1, 0.15) is 40.6 Å². The van der Waals surface area contributed by atoms with Gasteiger partial charge in [0.05, 0.1) is 36.8 Å². The van der Waals surface area contributed by atoms with Crippen molar-refractivity contribution in [1.82, 2.24) is 20.1 Å². The Balaban J connectivity index is 1.56. The van der Waals surface area contributed by atoms with Crippen molar-refractivity contribution in [1.29, 1.82) is 0 Å². The zero-order valence-corrected chi connectivity index (χ0v) is 19.5. The molecule has 1 aromatic carbocycles. The zero-order chi connectivity index (χ0) is 22.6. The Morgan fingerprint density at radius 1 is 1.31 bits per heavy atom. The quantitative estimate of drug-likeness (QED) is 0.630. The Morgan fingerprint density at radius 2 is 2.12 bits per heavy atom. The van der Waals surface area contributed by atoms with E-state index in [1.54, 1.807) is 0 Å². The van der Waals surface area contributed by atoms with Gasteiger partial charge in [0.25, 0.3) is 5.91 Å². The molecule has 1 amide bonds. The third kappa shape index (κ3) is 3.45. The van der Waals surface area contributed by atoms with Gasteiger partial charge < -0.3 is 20.1 Å². The van der Waals surface area contributed by atoms with E-state index in [-0.39, 0.29) is 18.1 Å². The Morgan fingerprint density at radius 3 is 2.91 bits per heavy atom. The summed E-state index contributed by atoms with van der Waals surface area (Å²) in [5.74, 6) is 0.751. The molecule has 2 N–H and O–H groups in total. The molecular formula is C23H27N5O3S. The van der Waals surface area contributed by atoms with E-state index in [0.29, 0.717) is 31.0 Å². The third-order valence-electron chi connectivity index (χ3n) is 5.99. The van der Waals surface area contributed by atoms with Gasteiger partial charge in [-0.15, -0.1) is 0 Å². The van der Waals surface area contributed by atoms with Crippen LogP contribution in [0.4, 0.5) is 10.8 Å². The summed E-state index contributed by atoms with van der Waals surface area (Å²) >= 11 is 1.44. The number of aromatic nitrogens is 3. The van der Waals surface area contributed by atoms with Gasteiger partial charge in [-0.1, -0.05) is 17.4 Å². The van der Waals surface area contributed by atoms with E-state index < -0.39 is 0 Å². The Hall–Kier alpha value is -2.91. The molecule has 168 valence electrons. The largest absolute Gasteiger partial charge is 0.490 e. The minimum absolute atomic E-state index is 0.0479. The standard InChI is InChI=1S/C23H27N5O3S/c1-13-19(14(2)28(26-13)7-9-29)15-5-6-18-17(11-15)27(8-10-31-18)22-24-16-12-23(3,4)25-21(30)20(16)32-22/h5-6,11,29H,7-10,12H2,1-4H3,(H,25,30). The normalized spacial score (nSPS) is 16.9. The summed E-state index contributed by atoms with van der Waals surface area (Å²) in [5.41, 5.74) is 5.54. The Kier molecular flexibility index (Phi) is 4.98. The van der Waals surface area contributed by atoms with Crippen molar-refractivity contribution < 1.29 is 14.6 Å². The van der Waals surface area contributed by atoms with E-state index >= 15 is 0 Å². The number of rotatable bonds is 4. The highest BCUT2D eigenvalue weighted by Gasteiger charge is 2.35. The number of aryl methyl sites for hydroxylation is 1. The number of nitrogens with one attached hydrogen (secondary N) is 1. The fraction of sp³-hybridized carbons (Fsp3) is 0.435. The number of aliphatic hydroxyl groups is 1. The lowest BCUT2D eigenvalue weighted by atomic mass is 9.94. The number of hydrogen-bond acceptors (Lipinski definition) is 7. The summed E-state index contributed by atoms with van der Waals surface area (Å²) in [5, 5.41) is 17.8. The minimum atomic E-state index is -0.296. The molecule has 0 aliphatic carbocycles. The number of carbonyl (C=O) groups excluding carboxylic acids is 1. The molecule has 32 heavy (non-hydrogen) atoms. The van der Waals surface area contributed by atoms with Crippen LogP contribution in [-0.4, -0.2) is 51.1 Å². The third-order valence-corrected chi connectivity index (χ3v) is 7.11. The molecule has 0 saturated heterocycles. The Labute approximate surface area is 190 Å². The van der Waals surface area contributed by atoms with Crippen LogP contribution < -0.4 is 15.0 Å². The number of benzene rings is 1. The van der Waals surface area contributed by atoms with Crippen LogP contribution in [0.5, 0.6) is 5.75 Å². The monoisotopic (exact) mass is 453 g/mol. The molecule has 3 aromatic rings. The van der Waals surface area contributed by atoms with Gasteiger partial charge in [0.2, 0.25) is 0 Å². The number of fused-ring (bicyclic) bond motifs is 2. The first-order chi connectivity index (χ1) is 15.3. The van der Waals surface area contributed by atoms with E-state index in [4.69, 9.17) is 9.72 Å². The van der Waals surface area contributed by atoms with Crippen molar-refractivity contribution in [2.75, 3.05) is 24.7 Å². The maximum absolute atomic E-state index is 12.6. The van der Waals surface area contributed by atoms with Gasteiger partial charge in [0.15, 0.2) is 5.13 Å². The topological polar surface area (TPSA) is 92.5 Å². The second-order valence-electron chi connectivity index (χ2n) is 8.96. The van der Waals surface area contributed by atoms with Crippen LogP contribution in [-0.2, 0) is 13.0 Å². The molecule has 9 heteroatoms. The van der Waals surface area contributed by atoms with Gasteiger partial charge in [-0.25, -0.2) is 4.98 Å². The highest BCUT2D eigenvalue weighted by Crippen LogP contribution is 2.43. The average Bonchev–Trinajstić information content (AvgIpc) is 3.27. The lowest BCUT2D eigenvalue weighted by Crippen LogP contribution is -2.48. The summed E-state index contributed by atoms with van der Waals surface area (Å²) in [4.78, 5) is 20.3. The summed E-state index contributed by atoms with van der Waals surface area (Å²) in [6.45, 7) is 9.78. The predicted molar refractivity (Wildman–Crippen MR) is 124 cm³/mol. The molecule has 0 atom stereocenters. The molecule has 2 aromatic heterocycles. The maximum Gasteiger partial charge on any atom is 0.263 e. The fourth-order valence-corrected chi connectivity index (χ4v) is 5.60. The van der Waals surface area contributed by atoms with E-state index in [1.807, 2.05) is 44.5 Å². The SMILES string of the molecule is Cc1nn(CCO)c(C)c1-c1ccc2c(c1)N(c1nc3c(s1)C(=O)NC(C)(C)C3)CCO2. The van der Waals surface area contributed by atoms with Gasteiger partial charge in [0.1, 0.15) is 17.2 Å². The molecule has 0 saturated carbocycles. The molecule has 0 radical (unpaired) electrons. The van der Waals surface area contributed by atoms with E-state index in [1.165, 1.54) is 11.3 Å². The first-order valence-electron chi connectivity index (χ1n) is 10.8. The summed E-state index contributed by atoms with van der Waals surface area (Å²) in [6.07, 6.45) is 0.713. The first-order valence-corrected chi connectivity index (χ1v) is 11.6. The fourth-order valence-electron chi connectivity index (χ4n) is 4.58. The average molecular weight is 454 g/mol. The Bertz CT molecular complexity index is 1210. The lowest BCUT2D eigenvalue weighted by Gasteiger charge is -2.30. The van der Waals surface area contributed by atoms with E-state index in [2.05, 4.69) is 21.4 Å². The van der Waals surface area contributed by atoms with Gasteiger partial charge in [-0.2, -0.15) is 5.10 Å². The van der Waals surface area contributed by atoms with Crippen LogP contribution in [0.25, 0.3) is 11.1 Å². The molecule has 8 nitrogen and oxygen atoms in total. The molecular weight excluding hydrogens is 426 g/mol. The first kappa shape index (κ1) is 21.0. The number of carbonyl (C=O) groups is 1. The zero-order valence-electron chi connectivity index (χ0n) is 18.7. The number of amides is 1. The number of ether oxygens (including phenoxy) is 1. The van der Waals surface area contributed by atoms with Gasteiger partial charge >= 0.3 is 0 Å². The van der Waals surface area contributed by atoms with Crippen LogP contribution >= 0.6 is 11.3 Å². The number of aliphatic hydroxyl groups excluding tert-OH is 1. The van der Waals surface area contributed by atoms with Crippen molar-refractivity contribution in [3.05, 3.63) is 40.2 Å². The second kappa shape index (κ2) is 7.60. The van der Waals surface area contributed by atoms with Crippen molar-refractivity contribution in [3.63, 3.8) is 0 Å². The molecule has 0 bridgehead atoms. The molecule has 0 fully saturated rings. The van der Waals surface area contributed by atoms with Crippen LogP contribution in [0.15, 0.2) is 18.2 Å². The number of thiazole rings is 1. The van der Waals surface area contributed by atoms with Crippen LogP contribution in [0.2, 0.25) is 0 Å². The summed E-state index contributed by atoms with van der Waals surface area (Å²) in [6, 6.07) is 6.15. The summed E-state index contributed by atoms with van der Waals surface area (Å²) in [7, 11) is 0. The van der Waals surface area contributed by atoms with E-state index in [9.17, 15) is 9.90 Å². The van der Waals surface area contributed by atoms with E-state index in [0.717, 1.165) is 44.8 Å². The van der Waals surface area contributed by atoms with Crippen LogP contribution in [0.3, 0.4) is 0 Å². The predicted octanol–water partition coefficient (Wildman–Crippen LogP) is 3.21. The summed E-state index contributed by atoms with van der Waals surface area (Å²) < 4.78 is 7.77. The molecule has 4 heterocycles. The maximum atomic E-state index is 12.6. The van der Waals surface area contributed by atoms with Crippen molar-refractivity contribution in [2.24, 2.45) is 0 Å². The van der Waals surface area contributed by atoms with Gasteiger partial charge in [-0.3, -0.25) is 9.48 Å². The number of anilines is 2. The minimum Gasteiger partial charge on any atom is -0.490 e. The number of hydrogen-bond donors (Lipinski definition) is 2. The van der Waals surface area contributed by atoms with Crippen molar-refractivity contribution >= 4 is 28.1 Å². The molecule has 2 aliphatic rings.